The van der Waals surface area contributed by atoms with E-state index >= 15 is 0 Å². The van der Waals surface area contributed by atoms with E-state index in [4.69, 9.17) is 14.2 Å². The number of nitrogens with zero attached hydrogens (tertiary/aromatic N) is 2. The highest BCUT2D eigenvalue weighted by Gasteiger charge is 2.25. The number of fused-ring (bicyclic) bond motifs is 1. The summed E-state index contributed by atoms with van der Waals surface area (Å²) in [5, 5.41) is 9.31. The van der Waals surface area contributed by atoms with Crippen molar-refractivity contribution < 1.29 is 23.8 Å². The highest BCUT2D eigenvalue weighted by molar-refractivity contribution is 7.13. The minimum Gasteiger partial charge on any atom is -0.454 e. The fourth-order valence-corrected chi connectivity index (χ4v) is 4.22. The number of hydrogen-bond donors (Lipinski definition) is 1. The third-order valence-corrected chi connectivity index (χ3v) is 6.14. The van der Waals surface area contributed by atoms with Gasteiger partial charge in [-0.15, -0.1) is 11.3 Å². The summed E-state index contributed by atoms with van der Waals surface area (Å²) < 4.78 is 17.8. The molecular weight excluding hydrogens is 454 g/mol. The fourth-order valence-electron chi connectivity index (χ4n) is 3.49. The third-order valence-electron chi connectivity index (χ3n) is 5.27. The largest absolute Gasteiger partial charge is 0.454 e. The minimum absolute atomic E-state index is 0.187. The second-order valence-corrected chi connectivity index (χ2v) is 8.55. The van der Waals surface area contributed by atoms with Crippen LogP contribution in [0.15, 0.2) is 72.2 Å². The van der Waals surface area contributed by atoms with Gasteiger partial charge < -0.3 is 19.5 Å². The fraction of sp³-hybridized carbons (Fsp3) is 0.160. The van der Waals surface area contributed by atoms with Crippen molar-refractivity contribution >= 4 is 23.2 Å². The van der Waals surface area contributed by atoms with E-state index in [1.165, 1.54) is 11.3 Å². The van der Waals surface area contributed by atoms with Crippen molar-refractivity contribution in [2.75, 3.05) is 6.79 Å². The highest BCUT2D eigenvalue weighted by atomic mass is 32.1. The number of esters is 1. The molecular formula is C25H21N3O5S. The van der Waals surface area contributed by atoms with E-state index in [2.05, 4.69) is 10.4 Å². The van der Waals surface area contributed by atoms with Gasteiger partial charge in [-0.05, 0) is 48.2 Å². The lowest BCUT2D eigenvalue weighted by atomic mass is 10.2. The zero-order valence-corrected chi connectivity index (χ0v) is 19.1. The Kier molecular flexibility index (Phi) is 6.01. The normalized spacial score (nSPS) is 12.9. The lowest BCUT2D eigenvalue weighted by Crippen LogP contribution is -2.35. The number of carbonyl (C=O) groups is 2. The Labute approximate surface area is 199 Å². The molecule has 4 aromatic rings. The first-order valence-electron chi connectivity index (χ1n) is 10.6. The maximum atomic E-state index is 13.0. The number of carbonyl (C=O) groups excluding carboxylic acids is 2. The Bertz CT molecular complexity index is 1320. The van der Waals surface area contributed by atoms with E-state index in [0.717, 1.165) is 16.1 Å². The van der Waals surface area contributed by atoms with E-state index in [1.54, 1.807) is 23.9 Å². The van der Waals surface area contributed by atoms with Crippen molar-refractivity contribution in [1.29, 1.82) is 0 Å². The highest BCUT2D eigenvalue weighted by Crippen LogP contribution is 2.32. The molecule has 0 spiro atoms. The zero-order valence-electron chi connectivity index (χ0n) is 18.3. The molecule has 1 N–H and O–H groups in total. The van der Waals surface area contributed by atoms with Gasteiger partial charge in [-0.3, -0.25) is 4.79 Å². The summed E-state index contributed by atoms with van der Waals surface area (Å²) in [6.45, 7) is 2.00. The molecule has 2 aromatic carbocycles. The molecule has 1 aliphatic rings. The van der Waals surface area contributed by atoms with Crippen LogP contribution in [0.1, 0.15) is 22.8 Å². The van der Waals surface area contributed by atoms with Gasteiger partial charge in [0.05, 0.1) is 10.6 Å². The lowest BCUT2D eigenvalue weighted by molar-refractivity contribution is -0.129. The maximum Gasteiger partial charge on any atom is 0.342 e. The first-order chi connectivity index (χ1) is 16.6. The summed E-state index contributed by atoms with van der Waals surface area (Å²) in [5.41, 5.74) is 2.47. The van der Waals surface area contributed by atoms with Gasteiger partial charge in [0.1, 0.15) is 11.3 Å². The molecule has 3 heterocycles. The molecule has 0 bridgehead atoms. The number of thiophene rings is 1. The predicted molar refractivity (Wildman–Crippen MR) is 126 cm³/mol. The van der Waals surface area contributed by atoms with Crippen LogP contribution in [0.3, 0.4) is 0 Å². The molecule has 0 aliphatic carbocycles. The van der Waals surface area contributed by atoms with Gasteiger partial charge >= 0.3 is 5.97 Å². The average molecular weight is 476 g/mol. The van der Waals surface area contributed by atoms with Crippen LogP contribution in [-0.2, 0) is 16.1 Å². The smallest absolute Gasteiger partial charge is 0.342 e. The van der Waals surface area contributed by atoms with Crippen LogP contribution in [0, 0.1) is 0 Å². The second kappa shape index (κ2) is 9.40. The van der Waals surface area contributed by atoms with E-state index in [-0.39, 0.29) is 13.3 Å². The summed E-state index contributed by atoms with van der Waals surface area (Å²) in [5.74, 6) is 0.299. The lowest BCUT2D eigenvalue weighted by Gasteiger charge is -2.13. The number of amides is 1. The van der Waals surface area contributed by atoms with Gasteiger partial charge in [-0.25, -0.2) is 9.48 Å². The van der Waals surface area contributed by atoms with Gasteiger partial charge in [-0.1, -0.05) is 30.3 Å². The number of hydrogen-bond acceptors (Lipinski definition) is 7. The topological polar surface area (TPSA) is 91.7 Å². The van der Waals surface area contributed by atoms with Crippen LogP contribution in [0.5, 0.6) is 11.5 Å². The van der Waals surface area contributed by atoms with E-state index < -0.39 is 18.0 Å². The minimum atomic E-state index is -0.988. The number of para-hydroxylation sites is 1. The summed E-state index contributed by atoms with van der Waals surface area (Å²) in [4.78, 5) is 26.5. The monoisotopic (exact) mass is 475 g/mol. The molecule has 0 saturated heterocycles. The van der Waals surface area contributed by atoms with Gasteiger partial charge in [0.25, 0.3) is 5.91 Å². The zero-order chi connectivity index (χ0) is 23.5. The van der Waals surface area contributed by atoms with Crippen LogP contribution >= 0.6 is 11.3 Å². The number of ether oxygens (including phenoxy) is 3. The number of rotatable bonds is 7. The van der Waals surface area contributed by atoms with Crippen molar-refractivity contribution in [3.05, 3.63) is 83.4 Å². The average Bonchev–Trinajstić information content (AvgIpc) is 3.62. The molecule has 0 saturated carbocycles. The molecule has 8 nitrogen and oxygen atoms in total. The molecule has 34 heavy (non-hydrogen) atoms. The van der Waals surface area contributed by atoms with Gasteiger partial charge in [0, 0.05) is 12.7 Å². The van der Waals surface area contributed by atoms with E-state index in [1.807, 2.05) is 60.0 Å². The molecule has 5 rings (SSSR count). The summed E-state index contributed by atoms with van der Waals surface area (Å²) in [6, 6.07) is 18.7. The van der Waals surface area contributed by atoms with Crippen LogP contribution in [0.4, 0.5) is 0 Å². The Morgan fingerprint density at radius 1 is 1.12 bits per heavy atom. The Hall–Kier alpha value is -4.11. The standard InChI is InChI=1S/C25H21N3O5S/c1-16(24(29)26-13-17-9-10-20-21(12-17)32-15-31-20)33-25(30)19-14-28(18-6-3-2-4-7-18)27-23(19)22-8-5-11-34-22/h2-12,14,16H,13,15H2,1H3,(H,26,29). The van der Waals surface area contributed by atoms with E-state index in [9.17, 15) is 9.59 Å². The molecule has 1 aliphatic heterocycles. The molecule has 1 unspecified atom stereocenters. The van der Waals surface area contributed by atoms with Crippen molar-refractivity contribution in [1.82, 2.24) is 15.1 Å². The Balaban J connectivity index is 1.28. The number of aromatic nitrogens is 2. The van der Waals surface area contributed by atoms with Crippen molar-refractivity contribution in [2.24, 2.45) is 0 Å². The molecule has 9 heteroatoms. The molecule has 0 fully saturated rings. The van der Waals surface area contributed by atoms with Crippen LogP contribution in [0.25, 0.3) is 16.3 Å². The van der Waals surface area contributed by atoms with Crippen molar-refractivity contribution in [3.8, 4) is 27.8 Å². The molecule has 172 valence electrons. The van der Waals surface area contributed by atoms with Gasteiger partial charge in [-0.2, -0.15) is 5.10 Å². The maximum absolute atomic E-state index is 13.0. The molecule has 0 radical (unpaired) electrons. The van der Waals surface area contributed by atoms with Crippen LogP contribution in [0.2, 0.25) is 0 Å². The second-order valence-electron chi connectivity index (χ2n) is 7.60. The third kappa shape index (κ3) is 4.51. The summed E-state index contributed by atoms with van der Waals surface area (Å²) in [7, 11) is 0. The van der Waals surface area contributed by atoms with Crippen molar-refractivity contribution in [3.63, 3.8) is 0 Å². The van der Waals surface area contributed by atoms with Gasteiger partial charge in [0.2, 0.25) is 6.79 Å². The first kappa shape index (κ1) is 21.7. The quantitative estimate of drug-likeness (QED) is 0.403. The molecule has 1 atom stereocenters. The summed E-state index contributed by atoms with van der Waals surface area (Å²) in [6.07, 6.45) is 0.641. The number of nitrogens with one attached hydrogen (secondary N) is 1. The summed E-state index contributed by atoms with van der Waals surface area (Å²) >= 11 is 1.47. The van der Waals surface area contributed by atoms with E-state index in [0.29, 0.717) is 22.8 Å². The van der Waals surface area contributed by atoms with Crippen LogP contribution < -0.4 is 14.8 Å². The SMILES string of the molecule is CC(OC(=O)c1cn(-c2ccccc2)nc1-c1cccs1)C(=O)NCc1ccc2c(c1)OCO2. The Morgan fingerprint density at radius 3 is 2.74 bits per heavy atom. The molecule has 2 aromatic heterocycles. The first-order valence-corrected chi connectivity index (χ1v) is 11.5. The molecule has 1 amide bonds. The Morgan fingerprint density at radius 2 is 1.94 bits per heavy atom. The predicted octanol–water partition coefficient (Wildman–Crippen LogP) is 4.19. The van der Waals surface area contributed by atoms with Crippen LogP contribution in [-0.4, -0.2) is 34.6 Å². The number of benzene rings is 2. The van der Waals surface area contributed by atoms with Crippen molar-refractivity contribution in [2.45, 2.75) is 19.6 Å². The van der Waals surface area contributed by atoms with Gasteiger partial charge in [0.15, 0.2) is 17.6 Å².